The average Bonchev–Trinajstić information content (AvgIpc) is 3.41. The maximum atomic E-state index is 12.7. The number of aliphatic hydroxyl groups is 1. The molecule has 8 heteroatoms. The van der Waals surface area contributed by atoms with Crippen molar-refractivity contribution in [2.45, 2.75) is 76.3 Å². The molecule has 0 aromatic heterocycles. The minimum atomic E-state index is -0.151. The largest absolute Gasteiger partial charge is 0.395 e. The van der Waals surface area contributed by atoms with Gasteiger partial charge in [-0.1, -0.05) is 6.92 Å². The van der Waals surface area contributed by atoms with Crippen LogP contribution in [0, 0.1) is 17.8 Å². The third-order valence-corrected chi connectivity index (χ3v) is 7.03. The molecule has 0 aromatic rings. The van der Waals surface area contributed by atoms with E-state index in [-0.39, 0.29) is 30.9 Å². The lowest BCUT2D eigenvalue weighted by Crippen LogP contribution is -2.50. The van der Waals surface area contributed by atoms with Crippen LogP contribution >= 0.6 is 0 Å². The van der Waals surface area contributed by atoms with E-state index >= 15 is 0 Å². The van der Waals surface area contributed by atoms with Gasteiger partial charge in [-0.3, -0.25) is 14.9 Å². The fourth-order valence-electron chi connectivity index (χ4n) is 5.54. The molecule has 2 saturated heterocycles. The first-order valence-corrected chi connectivity index (χ1v) is 10.8. The standard InChI is InChI=1S/C19H35N5O3/c1-2-17-21-18(23-27-17)13-3-5-14-12(11-13)4-6-15(14)20-19(26)16-7-8-24(22-16)9-10-25/h12-18,21-23,25H,2-11H2,1H3,(H,20,26)/t12?,13?,14?,15-,16?,17?,18?/m1/s1. The Kier molecular flexibility index (Phi) is 6.31. The summed E-state index contributed by atoms with van der Waals surface area (Å²) in [5.41, 5.74) is 6.41. The van der Waals surface area contributed by atoms with Crippen molar-refractivity contribution in [2.75, 3.05) is 19.7 Å². The van der Waals surface area contributed by atoms with E-state index in [0.717, 1.165) is 25.8 Å². The van der Waals surface area contributed by atoms with Gasteiger partial charge in [-0.05, 0) is 62.7 Å². The number of amides is 1. The SMILES string of the molecule is CCC1NC(C2CCC3C(CC[C@H]3NC(=O)C3CCN(CCO)N3)C2)NO1. The van der Waals surface area contributed by atoms with Gasteiger partial charge in [-0.15, -0.1) is 0 Å². The highest BCUT2D eigenvalue weighted by Gasteiger charge is 2.44. The summed E-state index contributed by atoms with van der Waals surface area (Å²) < 4.78 is 0. The number of hydroxylamine groups is 1. The molecule has 8 nitrogen and oxygen atoms in total. The Bertz CT molecular complexity index is 522. The summed E-state index contributed by atoms with van der Waals surface area (Å²) in [6.45, 7) is 3.64. The van der Waals surface area contributed by atoms with Crippen LogP contribution < -0.4 is 21.5 Å². The van der Waals surface area contributed by atoms with E-state index < -0.39 is 0 Å². The second-order valence-corrected chi connectivity index (χ2v) is 8.65. The molecule has 154 valence electrons. The van der Waals surface area contributed by atoms with E-state index in [1.165, 1.54) is 25.7 Å². The van der Waals surface area contributed by atoms with Crippen molar-refractivity contribution in [3.8, 4) is 0 Å². The van der Waals surface area contributed by atoms with Gasteiger partial charge in [0.25, 0.3) is 0 Å². The molecule has 4 aliphatic rings. The lowest BCUT2D eigenvalue weighted by molar-refractivity contribution is -0.124. The lowest BCUT2D eigenvalue weighted by Gasteiger charge is -2.37. The topological polar surface area (TPSA) is 97.9 Å². The van der Waals surface area contributed by atoms with Gasteiger partial charge < -0.3 is 10.4 Å². The second-order valence-electron chi connectivity index (χ2n) is 8.65. The first kappa shape index (κ1) is 19.5. The predicted molar refractivity (Wildman–Crippen MR) is 101 cm³/mol. The Morgan fingerprint density at radius 3 is 2.85 bits per heavy atom. The Labute approximate surface area is 161 Å². The molecule has 0 bridgehead atoms. The molecule has 0 radical (unpaired) electrons. The lowest BCUT2D eigenvalue weighted by atomic mass is 9.73. The Morgan fingerprint density at radius 2 is 2.07 bits per heavy atom. The number of hydrazine groups is 1. The number of hydrogen-bond acceptors (Lipinski definition) is 7. The minimum Gasteiger partial charge on any atom is -0.395 e. The van der Waals surface area contributed by atoms with Gasteiger partial charge in [0, 0.05) is 19.1 Å². The van der Waals surface area contributed by atoms with Crippen molar-refractivity contribution in [1.29, 1.82) is 0 Å². The average molecular weight is 382 g/mol. The van der Waals surface area contributed by atoms with Crippen molar-refractivity contribution in [1.82, 2.24) is 26.5 Å². The molecular weight excluding hydrogens is 346 g/mol. The van der Waals surface area contributed by atoms with Crippen molar-refractivity contribution in [3.05, 3.63) is 0 Å². The zero-order valence-corrected chi connectivity index (χ0v) is 16.3. The number of fused-ring (bicyclic) bond motifs is 1. The smallest absolute Gasteiger partial charge is 0.238 e. The Balaban J connectivity index is 1.25. The van der Waals surface area contributed by atoms with E-state index in [1.807, 2.05) is 5.01 Å². The fraction of sp³-hybridized carbons (Fsp3) is 0.947. The highest BCUT2D eigenvalue weighted by molar-refractivity contribution is 5.82. The molecule has 2 heterocycles. The molecule has 27 heavy (non-hydrogen) atoms. The van der Waals surface area contributed by atoms with Gasteiger partial charge in [0.1, 0.15) is 12.3 Å². The summed E-state index contributed by atoms with van der Waals surface area (Å²) in [5, 5.41) is 17.9. The van der Waals surface area contributed by atoms with Gasteiger partial charge in [0.15, 0.2) is 0 Å². The number of nitrogens with zero attached hydrogens (tertiary/aromatic N) is 1. The molecule has 4 rings (SSSR count). The number of rotatable bonds is 6. The van der Waals surface area contributed by atoms with Gasteiger partial charge in [-0.2, -0.15) is 5.48 Å². The van der Waals surface area contributed by atoms with Crippen LogP contribution in [-0.4, -0.2) is 60.2 Å². The zero-order chi connectivity index (χ0) is 18.8. The second kappa shape index (κ2) is 8.71. The monoisotopic (exact) mass is 381 g/mol. The summed E-state index contributed by atoms with van der Waals surface area (Å²) in [4.78, 5) is 18.3. The molecule has 7 atom stereocenters. The van der Waals surface area contributed by atoms with E-state index in [9.17, 15) is 4.79 Å². The van der Waals surface area contributed by atoms with Crippen LogP contribution in [0.1, 0.15) is 51.9 Å². The number of hydrogen-bond donors (Lipinski definition) is 5. The van der Waals surface area contributed by atoms with Gasteiger partial charge in [0.2, 0.25) is 5.91 Å². The maximum Gasteiger partial charge on any atom is 0.238 e. The number of nitrogens with one attached hydrogen (secondary N) is 4. The van der Waals surface area contributed by atoms with Crippen molar-refractivity contribution in [3.63, 3.8) is 0 Å². The summed E-state index contributed by atoms with van der Waals surface area (Å²) in [7, 11) is 0. The summed E-state index contributed by atoms with van der Waals surface area (Å²) in [6.07, 6.45) is 8.08. The molecule has 4 fully saturated rings. The number of β-amino-alcohol motifs (C(OH)–C–C–N with tert-alkyl or cyclic N) is 1. The number of aliphatic hydroxyl groups excluding tert-OH is 1. The van der Waals surface area contributed by atoms with Crippen molar-refractivity contribution >= 4 is 5.91 Å². The van der Waals surface area contributed by atoms with E-state index in [2.05, 4.69) is 28.5 Å². The van der Waals surface area contributed by atoms with Crippen molar-refractivity contribution in [2.24, 2.45) is 17.8 Å². The third-order valence-electron chi connectivity index (χ3n) is 7.03. The molecule has 5 N–H and O–H groups in total. The van der Waals surface area contributed by atoms with Gasteiger partial charge in [0.05, 0.1) is 12.8 Å². The molecule has 0 aromatic carbocycles. The van der Waals surface area contributed by atoms with Crippen LogP contribution in [0.5, 0.6) is 0 Å². The van der Waals surface area contributed by atoms with Crippen LogP contribution in [-0.2, 0) is 9.63 Å². The molecule has 1 amide bonds. The van der Waals surface area contributed by atoms with Crippen LogP contribution in [0.4, 0.5) is 0 Å². The first-order chi connectivity index (χ1) is 13.2. The Morgan fingerprint density at radius 1 is 1.22 bits per heavy atom. The van der Waals surface area contributed by atoms with E-state index in [4.69, 9.17) is 9.94 Å². The fourth-order valence-corrected chi connectivity index (χ4v) is 5.54. The third kappa shape index (κ3) is 4.31. The highest BCUT2D eigenvalue weighted by Crippen LogP contribution is 2.45. The number of carbonyl (C=O) groups excluding carboxylic acids is 1. The van der Waals surface area contributed by atoms with Crippen molar-refractivity contribution < 1.29 is 14.7 Å². The van der Waals surface area contributed by atoms with Crippen LogP contribution in [0.25, 0.3) is 0 Å². The first-order valence-electron chi connectivity index (χ1n) is 10.8. The number of carbonyl (C=O) groups is 1. The predicted octanol–water partition coefficient (Wildman–Crippen LogP) is 0.0553. The molecule has 6 unspecified atom stereocenters. The van der Waals surface area contributed by atoms with E-state index in [1.54, 1.807) is 0 Å². The van der Waals surface area contributed by atoms with Crippen LogP contribution in [0.15, 0.2) is 0 Å². The molecule has 2 aliphatic heterocycles. The molecule has 0 spiro atoms. The summed E-state index contributed by atoms with van der Waals surface area (Å²) in [5.74, 6) is 2.06. The summed E-state index contributed by atoms with van der Waals surface area (Å²) >= 11 is 0. The summed E-state index contributed by atoms with van der Waals surface area (Å²) in [6, 6.07) is 0.170. The normalized spacial score (nSPS) is 42.4. The highest BCUT2D eigenvalue weighted by atomic mass is 16.7. The van der Waals surface area contributed by atoms with Crippen LogP contribution in [0.3, 0.4) is 0 Å². The van der Waals surface area contributed by atoms with Gasteiger partial charge >= 0.3 is 0 Å². The zero-order valence-electron chi connectivity index (χ0n) is 16.3. The maximum absolute atomic E-state index is 12.7. The quantitative estimate of drug-likeness (QED) is 0.444. The molecule has 2 aliphatic carbocycles. The van der Waals surface area contributed by atoms with E-state index in [0.29, 0.717) is 30.3 Å². The van der Waals surface area contributed by atoms with Gasteiger partial charge in [-0.25, -0.2) is 10.4 Å². The molecular formula is C19H35N5O3. The Hall–Kier alpha value is -0.770. The van der Waals surface area contributed by atoms with Crippen LogP contribution in [0.2, 0.25) is 0 Å². The minimum absolute atomic E-state index is 0.115. The molecule has 2 saturated carbocycles.